The zero-order valence-corrected chi connectivity index (χ0v) is 14.4. The maximum absolute atomic E-state index is 12.5. The Labute approximate surface area is 144 Å². The summed E-state index contributed by atoms with van der Waals surface area (Å²) in [6, 6.07) is 9.35. The summed E-state index contributed by atoms with van der Waals surface area (Å²) in [5, 5.41) is 15.8. The average molecular weight is 341 g/mol. The van der Waals surface area contributed by atoms with E-state index in [2.05, 4.69) is 14.9 Å². The molecule has 5 nitrogen and oxygen atoms in total. The molecule has 0 aliphatic carbocycles. The van der Waals surface area contributed by atoms with Gasteiger partial charge < -0.3 is 15.0 Å². The minimum atomic E-state index is -0.755. The van der Waals surface area contributed by atoms with E-state index in [0.717, 1.165) is 22.0 Å². The number of nitrogens with zero attached hydrogens (tertiary/aromatic N) is 2. The van der Waals surface area contributed by atoms with Crippen molar-refractivity contribution in [3.05, 3.63) is 70.6 Å². The quantitative estimate of drug-likeness (QED) is 0.750. The van der Waals surface area contributed by atoms with Crippen molar-refractivity contribution in [2.45, 2.75) is 20.0 Å². The number of aromatic nitrogens is 2. The van der Waals surface area contributed by atoms with Crippen LogP contribution >= 0.6 is 11.3 Å². The highest BCUT2D eigenvalue weighted by Crippen LogP contribution is 2.26. The summed E-state index contributed by atoms with van der Waals surface area (Å²) >= 11 is 1.53. The van der Waals surface area contributed by atoms with Crippen LogP contribution in [0, 0.1) is 13.8 Å². The van der Waals surface area contributed by atoms with Crippen molar-refractivity contribution in [1.29, 1.82) is 0 Å². The molecular weight excluding hydrogens is 322 g/mol. The lowest BCUT2D eigenvalue weighted by Crippen LogP contribution is -2.28. The highest BCUT2D eigenvalue weighted by molar-refractivity contribution is 7.13. The number of hydrogen-bond acceptors (Lipinski definition) is 4. The Hall–Kier alpha value is -2.44. The SMILES string of the molecule is Cc1ccc(C)n1-c1sccc1C(=O)NCC(O)c1ccncc1. The lowest BCUT2D eigenvalue weighted by molar-refractivity contribution is 0.0916. The Morgan fingerprint density at radius 2 is 1.88 bits per heavy atom. The number of aliphatic hydroxyl groups excluding tert-OH is 1. The minimum Gasteiger partial charge on any atom is -0.387 e. The van der Waals surface area contributed by atoms with E-state index in [0.29, 0.717) is 5.56 Å². The van der Waals surface area contributed by atoms with Crippen molar-refractivity contribution in [2.75, 3.05) is 6.54 Å². The van der Waals surface area contributed by atoms with Crippen LogP contribution in [-0.4, -0.2) is 27.1 Å². The molecule has 0 aliphatic heterocycles. The van der Waals surface area contributed by atoms with E-state index < -0.39 is 6.10 Å². The third-order valence-electron chi connectivity index (χ3n) is 3.91. The molecule has 0 radical (unpaired) electrons. The average Bonchev–Trinajstić information content (AvgIpc) is 3.19. The molecule has 0 fully saturated rings. The van der Waals surface area contributed by atoms with Crippen molar-refractivity contribution in [3.63, 3.8) is 0 Å². The summed E-state index contributed by atoms with van der Waals surface area (Å²) in [6.45, 7) is 4.19. The molecule has 1 unspecified atom stereocenters. The Morgan fingerprint density at radius 1 is 1.21 bits per heavy atom. The molecule has 0 saturated heterocycles. The molecule has 0 spiro atoms. The van der Waals surface area contributed by atoms with Gasteiger partial charge in [0.1, 0.15) is 5.00 Å². The van der Waals surface area contributed by atoms with Gasteiger partial charge in [0.2, 0.25) is 0 Å². The number of carbonyl (C=O) groups excluding carboxylic acids is 1. The number of aryl methyl sites for hydroxylation is 2. The van der Waals surface area contributed by atoms with Crippen LogP contribution in [0.4, 0.5) is 0 Å². The zero-order chi connectivity index (χ0) is 17.1. The molecule has 0 bridgehead atoms. The van der Waals surface area contributed by atoms with Crippen LogP contribution in [0.1, 0.15) is 33.4 Å². The number of amides is 1. The van der Waals surface area contributed by atoms with Gasteiger partial charge in [0.15, 0.2) is 0 Å². The zero-order valence-electron chi connectivity index (χ0n) is 13.6. The Balaban J connectivity index is 1.74. The first-order valence-corrected chi connectivity index (χ1v) is 8.55. The van der Waals surface area contributed by atoms with Crippen molar-refractivity contribution < 1.29 is 9.90 Å². The van der Waals surface area contributed by atoms with E-state index in [1.54, 1.807) is 24.5 Å². The van der Waals surface area contributed by atoms with Crippen LogP contribution in [0.3, 0.4) is 0 Å². The van der Waals surface area contributed by atoms with Crippen molar-refractivity contribution in [1.82, 2.24) is 14.9 Å². The second-order valence-electron chi connectivity index (χ2n) is 5.60. The highest BCUT2D eigenvalue weighted by atomic mass is 32.1. The van der Waals surface area contributed by atoms with Gasteiger partial charge in [-0.25, -0.2) is 0 Å². The largest absolute Gasteiger partial charge is 0.387 e. The molecule has 2 N–H and O–H groups in total. The number of carbonyl (C=O) groups is 1. The summed E-state index contributed by atoms with van der Waals surface area (Å²) in [5.41, 5.74) is 3.51. The predicted octanol–water partition coefficient (Wildman–Crippen LogP) is 3.01. The monoisotopic (exact) mass is 341 g/mol. The molecule has 3 rings (SSSR count). The first-order chi connectivity index (χ1) is 11.6. The first kappa shape index (κ1) is 16.4. The second kappa shape index (κ2) is 6.98. The van der Waals surface area contributed by atoms with Crippen molar-refractivity contribution in [2.24, 2.45) is 0 Å². The highest BCUT2D eigenvalue weighted by Gasteiger charge is 2.17. The maximum Gasteiger partial charge on any atom is 0.254 e. The van der Waals surface area contributed by atoms with E-state index in [1.165, 1.54) is 11.3 Å². The molecule has 3 aromatic rings. The van der Waals surface area contributed by atoms with Crippen LogP contribution in [-0.2, 0) is 0 Å². The molecule has 3 aromatic heterocycles. The number of rotatable bonds is 5. The van der Waals surface area contributed by atoms with E-state index in [4.69, 9.17) is 0 Å². The fourth-order valence-corrected chi connectivity index (χ4v) is 3.64. The van der Waals surface area contributed by atoms with E-state index >= 15 is 0 Å². The third-order valence-corrected chi connectivity index (χ3v) is 4.81. The van der Waals surface area contributed by atoms with Crippen LogP contribution in [0.25, 0.3) is 5.00 Å². The van der Waals surface area contributed by atoms with Gasteiger partial charge in [-0.2, -0.15) is 0 Å². The molecule has 1 atom stereocenters. The summed E-state index contributed by atoms with van der Waals surface area (Å²) in [6.07, 6.45) is 2.48. The van der Waals surface area contributed by atoms with Gasteiger partial charge in [0.25, 0.3) is 5.91 Å². The summed E-state index contributed by atoms with van der Waals surface area (Å²) in [4.78, 5) is 16.5. The standard InChI is InChI=1S/C18H19N3O2S/c1-12-3-4-13(2)21(12)18-15(7-10-24-18)17(23)20-11-16(22)14-5-8-19-9-6-14/h3-10,16,22H,11H2,1-2H3,(H,20,23). The normalized spacial score (nSPS) is 12.1. The maximum atomic E-state index is 12.5. The number of hydrogen-bond donors (Lipinski definition) is 2. The molecule has 124 valence electrons. The molecule has 0 saturated carbocycles. The number of nitrogens with one attached hydrogen (secondary N) is 1. The Bertz CT molecular complexity index is 820. The topological polar surface area (TPSA) is 67.2 Å². The summed E-state index contributed by atoms with van der Waals surface area (Å²) in [7, 11) is 0. The van der Waals surface area contributed by atoms with Gasteiger partial charge in [0, 0.05) is 30.3 Å². The van der Waals surface area contributed by atoms with Gasteiger partial charge in [-0.05, 0) is 55.1 Å². The molecule has 6 heteroatoms. The van der Waals surface area contributed by atoms with Gasteiger partial charge in [-0.15, -0.1) is 11.3 Å². The van der Waals surface area contributed by atoms with Crippen LogP contribution in [0.2, 0.25) is 0 Å². The molecule has 1 amide bonds. The minimum absolute atomic E-state index is 0.155. The van der Waals surface area contributed by atoms with E-state index in [1.807, 2.05) is 37.4 Å². The van der Waals surface area contributed by atoms with Gasteiger partial charge in [-0.1, -0.05) is 0 Å². The van der Waals surface area contributed by atoms with Crippen molar-refractivity contribution in [3.8, 4) is 5.00 Å². The lowest BCUT2D eigenvalue weighted by Gasteiger charge is -2.13. The smallest absolute Gasteiger partial charge is 0.254 e. The number of aliphatic hydroxyl groups is 1. The second-order valence-corrected chi connectivity index (χ2v) is 6.49. The van der Waals surface area contributed by atoms with Crippen LogP contribution in [0.5, 0.6) is 0 Å². The number of thiophene rings is 1. The van der Waals surface area contributed by atoms with Crippen LogP contribution in [0.15, 0.2) is 48.1 Å². The van der Waals surface area contributed by atoms with E-state index in [-0.39, 0.29) is 12.5 Å². The van der Waals surface area contributed by atoms with E-state index in [9.17, 15) is 9.90 Å². The fraction of sp³-hybridized carbons (Fsp3) is 0.222. The lowest BCUT2D eigenvalue weighted by atomic mass is 10.1. The van der Waals surface area contributed by atoms with Gasteiger partial charge >= 0.3 is 0 Å². The predicted molar refractivity (Wildman–Crippen MR) is 94.7 cm³/mol. The Morgan fingerprint density at radius 3 is 2.54 bits per heavy atom. The molecule has 3 heterocycles. The first-order valence-electron chi connectivity index (χ1n) is 7.67. The van der Waals surface area contributed by atoms with Crippen molar-refractivity contribution >= 4 is 17.2 Å². The summed E-state index contributed by atoms with van der Waals surface area (Å²) < 4.78 is 2.07. The fourth-order valence-electron chi connectivity index (χ4n) is 2.62. The van der Waals surface area contributed by atoms with Gasteiger partial charge in [0.05, 0.1) is 11.7 Å². The summed E-state index contributed by atoms with van der Waals surface area (Å²) in [5.74, 6) is -0.188. The molecule has 0 aliphatic rings. The van der Waals surface area contributed by atoms with Crippen LogP contribution < -0.4 is 5.32 Å². The molecule has 0 aromatic carbocycles. The number of pyridine rings is 1. The Kier molecular flexibility index (Phi) is 4.78. The molecular formula is C18H19N3O2S. The van der Waals surface area contributed by atoms with Gasteiger partial charge in [-0.3, -0.25) is 9.78 Å². The molecule has 24 heavy (non-hydrogen) atoms. The third kappa shape index (κ3) is 3.25.